The number of rotatable bonds is 8. The fraction of sp³-hybridized carbons (Fsp3) is 0.130. The van der Waals surface area contributed by atoms with Gasteiger partial charge in [-0.05, 0) is 48.9 Å². The minimum Gasteiger partial charge on any atom is -0.350 e. The van der Waals surface area contributed by atoms with Crippen LogP contribution in [0.15, 0.2) is 83.8 Å². The zero-order valence-corrected chi connectivity index (χ0v) is 17.8. The van der Waals surface area contributed by atoms with Crippen molar-refractivity contribution >= 4 is 27.5 Å². The first-order valence-electron chi connectivity index (χ1n) is 9.62. The number of benzene rings is 3. The molecule has 3 rings (SSSR count). The van der Waals surface area contributed by atoms with E-state index < -0.39 is 15.9 Å². The van der Waals surface area contributed by atoms with Gasteiger partial charge < -0.3 is 10.6 Å². The van der Waals surface area contributed by atoms with Gasteiger partial charge in [0.25, 0.3) is 15.9 Å². The summed E-state index contributed by atoms with van der Waals surface area (Å²) in [5.41, 5.74) is 2.68. The van der Waals surface area contributed by atoms with Crippen molar-refractivity contribution in [2.45, 2.75) is 18.4 Å². The van der Waals surface area contributed by atoms with Gasteiger partial charge in [0.05, 0.1) is 11.4 Å². The lowest BCUT2D eigenvalue weighted by Gasteiger charge is -2.10. The Labute approximate surface area is 181 Å². The van der Waals surface area contributed by atoms with Gasteiger partial charge in [-0.1, -0.05) is 48.0 Å². The molecule has 8 heteroatoms. The smallest absolute Gasteiger partial charge is 0.261 e. The van der Waals surface area contributed by atoms with Crippen LogP contribution in [0.5, 0.6) is 0 Å². The molecule has 0 heterocycles. The molecule has 0 saturated carbocycles. The van der Waals surface area contributed by atoms with Gasteiger partial charge in [-0.25, -0.2) is 8.42 Å². The Morgan fingerprint density at radius 2 is 1.45 bits per heavy atom. The standard InChI is InChI=1S/C23H23N3O4S/c1-17-7-11-20(12-8-17)26-31(29,30)21-13-9-19(10-14-21)23(28)25-16-22(27)24-15-18-5-3-2-4-6-18/h2-14,26H,15-16H2,1H3,(H,24,27)(H,25,28). The molecule has 0 spiro atoms. The van der Waals surface area contributed by atoms with Crippen LogP contribution in [0.25, 0.3) is 0 Å². The summed E-state index contributed by atoms with van der Waals surface area (Å²) in [6, 6.07) is 21.9. The number of hydrogen-bond donors (Lipinski definition) is 3. The summed E-state index contributed by atoms with van der Waals surface area (Å²) in [5, 5.41) is 5.24. The van der Waals surface area contributed by atoms with Crippen LogP contribution in [0.1, 0.15) is 21.5 Å². The van der Waals surface area contributed by atoms with Gasteiger partial charge in [-0.15, -0.1) is 0 Å². The van der Waals surface area contributed by atoms with Gasteiger partial charge in [-0.3, -0.25) is 14.3 Å². The number of carbonyl (C=O) groups is 2. The van der Waals surface area contributed by atoms with Crippen LogP contribution in [0.2, 0.25) is 0 Å². The van der Waals surface area contributed by atoms with E-state index in [0.29, 0.717) is 12.2 Å². The summed E-state index contributed by atoms with van der Waals surface area (Å²) in [6.07, 6.45) is 0. The first kappa shape index (κ1) is 22.0. The van der Waals surface area contributed by atoms with Gasteiger partial charge in [0.15, 0.2) is 0 Å². The van der Waals surface area contributed by atoms with Crippen LogP contribution in [-0.2, 0) is 21.4 Å². The van der Waals surface area contributed by atoms with Gasteiger partial charge in [0.1, 0.15) is 0 Å². The molecule has 0 radical (unpaired) electrons. The zero-order chi connectivity index (χ0) is 22.3. The van der Waals surface area contributed by atoms with Crippen molar-refractivity contribution < 1.29 is 18.0 Å². The molecule has 0 atom stereocenters. The molecule has 0 saturated heterocycles. The lowest BCUT2D eigenvalue weighted by Crippen LogP contribution is -2.36. The summed E-state index contributed by atoms with van der Waals surface area (Å²) in [4.78, 5) is 24.2. The highest BCUT2D eigenvalue weighted by Gasteiger charge is 2.15. The van der Waals surface area contributed by atoms with E-state index in [1.165, 1.54) is 24.3 Å². The molecule has 0 aliphatic heterocycles. The molecule has 160 valence electrons. The number of sulfonamides is 1. The van der Waals surface area contributed by atoms with Gasteiger partial charge in [-0.2, -0.15) is 0 Å². The Morgan fingerprint density at radius 3 is 2.10 bits per heavy atom. The van der Waals surface area contributed by atoms with Gasteiger partial charge in [0.2, 0.25) is 5.91 Å². The summed E-state index contributed by atoms with van der Waals surface area (Å²) >= 11 is 0. The van der Waals surface area contributed by atoms with Crippen molar-refractivity contribution in [2.75, 3.05) is 11.3 Å². The van der Waals surface area contributed by atoms with E-state index in [9.17, 15) is 18.0 Å². The van der Waals surface area contributed by atoms with Crippen molar-refractivity contribution in [2.24, 2.45) is 0 Å². The van der Waals surface area contributed by atoms with Gasteiger partial charge >= 0.3 is 0 Å². The van der Waals surface area contributed by atoms with Crippen LogP contribution < -0.4 is 15.4 Å². The molecule has 7 nitrogen and oxygen atoms in total. The molecule has 0 aromatic heterocycles. The first-order valence-corrected chi connectivity index (χ1v) is 11.1. The van der Waals surface area contributed by atoms with Crippen molar-refractivity contribution in [3.05, 3.63) is 95.6 Å². The van der Waals surface area contributed by atoms with Crippen LogP contribution in [0.3, 0.4) is 0 Å². The third-order valence-corrected chi connectivity index (χ3v) is 5.87. The Morgan fingerprint density at radius 1 is 0.806 bits per heavy atom. The summed E-state index contributed by atoms with van der Waals surface area (Å²) in [7, 11) is -3.77. The lowest BCUT2D eigenvalue weighted by atomic mass is 10.2. The lowest BCUT2D eigenvalue weighted by molar-refractivity contribution is -0.120. The average molecular weight is 438 g/mol. The van der Waals surface area contributed by atoms with Crippen molar-refractivity contribution in [3.63, 3.8) is 0 Å². The number of nitrogens with one attached hydrogen (secondary N) is 3. The fourth-order valence-electron chi connectivity index (χ4n) is 2.74. The SMILES string of the molecule is Cc1ccc(NS(=O)(=O)c2ccc(C(=O)NCC(=O)NCc3ccccc3)cc2)cc1. The van der Waals surface area contributed by atoms with Crippen LogP contribution in [0.4, 0.5) is 5.69 Å². The number of hydrogen-bond acceptors (Lipinski definition) is 4. The quantitative estimate of drug-likeness (QED) is 0.504. The van der Waals surface area contributed by atoms with E-state index in [0.717, 1.165) is 11.1 Å². The molecular formula is C23H23N3O4S. The Bertz CT molecular complexity index is 1140. The maximum Gasteiger partial charge on any atom is 0.261 e. The van der Waals surface area contributed by atoms with E-state index >= 15 is 0 Å². The van der Waals surface area contributed by atoms with E-state index in [-0.39, 0.29) is 22.9 Å². The number of amides is 2. The normalized spacial score (nSPS) is 10.9. The number of carbonyl (C=O) groups excluding carboxylic acids is 2. The fourth-order valence-corrected chi connectivity index (χ4v) is 3.80. The van der Waals surface area contributed by atoms with E-state index in [1.807, 2.05) is 37.3 Å². The Kier molecular flexibility index (Phi) is 7.04. The molecule has 3 N–H and O–H groups in total. The average Bonchev–Trinajstić information content (AvgIpc) is 2.78. The number of aryl methyl sites for hydroxylation is 1. The highest BCUT2D eigenvalue weighted by atomic mass is 32.2. The minimum absolute atomic E-state index is 0.0326. The molecule has 0 bridgehead atoms. The maximum atomic E-state index is 12.5. The van der Waals surface area contributed by atoms with Crippen LogP contribution in [-0.4, -0.2) is 26.8 Å². The summed E-state index contributed by atoms with van der Waals surface area (Å²) in [5.74, 6) is -0.788. The number of anilines is 1. The zero-order valence-electron chi connectivity index (χ0n) is 17.0. The monoisotopic (exact) mass is 437 g/mol. The van der Waals surface area contributed by atoms with E-state index in [1.54, 1.807) is 24.3 Å². The highest BCUT2D eigenvalue weighted by Crippen LogP contribution is 2.17. The minimum atomic E-state index is -3.77. The second-order valence-electron chi connectivity index (χ2n) is 6.94. The topological polar surface area (TPSA) is 104 Å². The third kappa shape index (κ3) is 6.42. The van der Waals surface area contributed by atoms with Crippen molar-refractivity contribution in [1.82, 2.24) is 10.6 Å². The molecule has 31 heavy (non-hydrogen) atoms. The third-order valence-electron chi connectivity index (χ3n) is 4.47. The summed E-state index contributed by atoms with van der Waals surface area (Å²) < 4.78 is 27.5. The molecule has 3 aromatic carbocycles. The van der Waals surface area contributed by atoms with E-state index in [2.05, 4.69) is 15.4 Å². The Balaban J connectivity index is 1.53. The molecule has 2 amide bonds. The van der Waals surface area contributed by atoms with Crippen LogP contribution >= 0.6 is 0 Å². The largest absolute Gasteiger partial charge is 0.350 e. The summed E-state index contributed by atoms with van der Waals surface area (Å²) in [6.45, 7) is 2.10. The maximum absolute atomic E-state index is 12.5. The van der Waals surface area contributed by atoms with Crippen LogP contribution in [0, 0.1) is 6.92 Å². The molecule has 0 aliphatic rings. The Hall–Kier alpha value is -3.65. The molecule has 0 unspecified atom stereocenters. The van der Waals surface area contributed by atoms with Crippen molar-refractivity contribution in [3.8, 4) is 0 Å². The van der Waals surface area contributed by atoms with E-state index in [4.69, 9.17) is 0 Å². The molecule has 3 aromatic rings. The predicted octanol–water partition coefficient (Wildman–Crippen LogP) is 2.84. The molecule has 0 aliphatic carbocycles. The predicted molar refractivity (Wildman–Crippen MR) is 119 cm³/mol. The second kappa shape index (κ2) is 9.90. The molecule has 0 fully saturated rings. The van der Waals surface area contributed by atoms with Gasteiger partial charge in [0, 0.05) is 17.8 Å². The first-order chi connectivity index (χ1) is 14.8. The highest BCUT2D eigenvalue weighted by molar-refractivity contribution is 7.92. The second-order valence-corrected chi connectivity index (χ2v) is 8.62. The molecular weight excluding hydrogens is 414 g/mol. The van der Waals surface area contributed by atoms with Crippen molar-refractivity contribution in [1.29, 1.82) is 0 Å².